The van der Waals surface area contributed by atoms with Gasteiger partial charge < -0.3 is 15.4 Å². The van der Waals surface area contributed by atoms with Gasteiger partial charge >= 0.3 is 0 Å². The van der Waals surface area contributed by atoms with Gasteiger partial charge in [-0.25, -0.2) is 9.97 Å². The predicted molar refractivity (Wildman–Crippen MR) is 70.1 cm³/mol. The summed E-state index contributed by atoms with van der Waals surface area (Å²) in [6.45, 7) is 2.56. The van der Waals surface area contributed by atoms with Gasteiger partial charge in [-0.1, -0.05) is 0 Å². The van der Waals surface area contributed by atoms with Gasteiger partial charge in [-0.3, -0.25) is 0 Å². The normalized spacial score (nSPS) is 23.9. The molecule has 0 bridgehead atoms. The number of rotatable bonds is 5. The van der Waals surface area contributed by atoms with E-state index in [4.69, 9.17) is 4.74 Å². The van der Waals surface area contributed by atoms with Crippen molar-refractivity contribution in [2.75, 3.05) is 32.1 Å². The van der Waals surface area contributed by atoms with Gasteiger partial charge in [-0.05, 0) is 35.3 Å². The highest BCUT2D eigenvalue weighted by Crippen LogP contribution is 2.22. The van der Waals surface area contributed by atoms with Crippen molar-refractivity contribution in [1.29, 1.82) is 0 Å². The molecule has 6 heteroatoms. The Morgan fingerprint density at radius 3 is 3.18 bits per heavy atom. The molecule has 0 saturated carbocycles. The van der Waals surface area contributed by atoms with E-state index in [2.05, 4.69) is 36.5 Å². The number of methoxy groups -OCH3 is 1. The first-order chi connectivity index (χ1) is 8.26. The standard InChI is InChI=1S/C11H17BrN4O/c1-17-7-11(3-2-4-16-11)6-14-10-9(12)5-13-8-15-10/h5,8,16H,2-4,6-7H2,1H3,(H,13,14,15). The molecular weight excluding hydrogens is 284 g/mol. The fourth-order valence-electron chi connectivity index (χ4n) is 2.17. The van der Waals surface area contributed by atoms with Gasteiger partial charge in [0.15, 0.2) is 0 Å². The van der Waals surface area contributed by atoms with E-state index in [-0.39, 0.29) is 5.54 Å². The number of nitrogens with zero attached hydrogens (tertiary/aromatic N) is 2. The van der Waals surface area contributed by atoms with E-state index in [1.165, 1.54) is 12.7 Å². The summed E-state index contributed by atoms with van der Waals surface area (Å²) in [5.74, 6) is 0.823. The molecule has 2 heterocycles. The number of hydrogen-bond donors (Lipinski definition) is 2. The van der Waals surface area contributed by atoms with Crippen molar-refractivity contribution in [3.8, 4) is 0 Å². The molecular formula is C11H17BrN4O. The van der Waals surface area contributed by atoms with Crippen molar-refractivity contribution in [2.45, 2.75) is 18.4 Å². The zero-order valence-corrected chi connectivity index (χ0v) is 11.5. The van der Waals surface area contributed by atoms with Crippen LogP contribution in [0.1, 0.15) is 12.8 Å². The predicted octanol–water partition coefficient (Wildman–Crippen LogP) is 1.42. The van der Waals surface area contributed by atoms with E-state index in [0.29, 0.717) is 6.61 Å². The molecule has 0 aliphatic carbocycles. The van der Waals surface area contributed by atoms with Crippen LogP contribution >= 0.6 is 15.9 Å². The van der Waals surface area contributed by atoms with Crippen LogP contribution in [0.2, 0.25) is 0 Å². The minimum Gasteiger partial charge on any atom is -0.383 e. The van der Waals surface area contributed by atoms with Crippen LogP contribution in [0.4, 0.5) is 5.82 Å². The van der Waals surface area contributed by atoms with Gasteiger partial charge in [-0.15, -0.1) is 0 Å². The topological polar surface area (TPSA) is 59.1 Å². The molecule has 0 spiro atoms. The van der Waals surface area contributed by atoms with Crippen molar-refractivity contribution < 1.29 is 4.74 Å². The Bertz CT molecular complexity index is 368. The zero-order chi connectivity index (χ0) is 12.1. The van der Waals surface area contributed by atoms with Gasteiger partial charge in [0.25, 0.3) is 0 Å². The highest BCUT2D eigenvalue weighted by molar-refractivity contribution is 9.10. The molecule has 5 nitrogen and oxygen atoms in total. The molecule has 2 N–H and O–H groups in total. The Morgan fingerprint density at radius 1 is 1.65 bits per heavy atom. The smallest absolute Gasteiger partial charge is 0.143 e. The Hall–Kier alpha value is -0.720. The molecule has 0 aromatic carbocycles. The number of hydrogen-bond acceptors (Lipinski definition) is 5. The first-order valence-electron chi connectivity index (χ1n) is 5.69. The first-order valence-corrected chi connectivity index (χ1v) is 6.48. The van der Waals surface area contributed by atoms with Crippen LogP contribution in [-0.2, 0) is 4.74 Å². The summed E-state index contributed by atoms with van der Waals surface area (Å²) in [5, 5.41) is 6.85. The van der Waals surface area contributed by atoms with Crippen molar-refractivity contribution in [3.05, 3.63) is 17.0 Å². The number of aromatic nitrogens is 2. The lowest BCUT2D eigenvalue weighted by atomic mass is 9.99. The van der Waals surface area contributed by atoms with Crippen LogP contribution in [0.15, 0.2) is 17.0 Å². The molecule has 1 aliphatic rings. The van der Waals surface area contributed by atoms with Crippen LogP contribution in [0, 0.1) is 0 Å². The largest absolute Gasteiger partial charge is 0.383 e. The third kappa shape index (κ3) is 3.14. The molecule has 1 unspecified atom stereocenters. The quantitative estimate of drug-likeness (QED) is 0.861. The third-order valence-corrected chi connectivity index (χ3v) is 3.59. The fraction of sp³-hybridized carbons (Fsp3) is 0.636. The van der Waals surface area contributed by atoms with E-state index in [9.17, 15) is 0 Å². The summed E-state index contributed by atoms with van der Waals surface area (Å²) < 4.78 is 6.18. The van der Waals surface area contributed by atoms with Crippen LogP contribution in [-0.4, -0.2) is 42.3 Å². The van der Waals surface area contributed by atoms with Gasteiger partial charge in [0, 0.05) is 19.9 Å². The molecule has 1 fully saturated rings. The highest BCUT2D eigenvalue weighted by Gasteiger charge is 2.33. The summed E-state index contributed by atoms with van der Waals surface area (Å²) in [6.07, 6.45) is 5.59. The van der Waals surface area contributed by atoms with Crippen LogP contribution in [0.3, 0.4) is 0 Å². The first kappa shape index (κ1) is 12.7. The minimum absolute atomic E-state index is 0.0269. The van der Waals surface area contributed by atoms with E-state index < -0.39 is 0 Å². The number of nitrogens with one attached hydrogen (secondary N) is 2. The van der Waals surface area contributed by atoms with Crippen molar-refractivity contribution in [2.24, 2.45) is 0 Å². The van der Waals surface area contributed by atoms with Crippen molar-refractivity contribution >= 4 is 21.7 Å². The molecule has 1 saturated heterocycles. The zero-order valence-electron chi connectivity index (χ0n) is 9.87. The maximum atomic E-state index is 5.30. The minimum atomic E-state index is 0.0269. The Labute approximate surface area is 110 Å². The fourth-order valence-corrected chi connectivity index (χ4v) is 2.53. The number of ether oxygens (including phenoxy) is 1. The van der Waals surface area contributed by atoms with E-state index >= 15 is 0 Å². The summed E-state index contributed by atoms with van der Waals surface area (Å²) >= 11 is 3.42. The average Bonchev–Trinajstić information content (AvgIpc) is 2.78. The van der Waals surface area contributed by atoms with Crippen molar-refractivity contribution in [3.63, 3.8) is 0 Å². The van der Waals surface area contributed by atoms with E-state index in [0.717, 1.165) is 29.8 Å². The maximum absolute atomic E-state index is 5.30. The molecule has 1 aliphatic heterocycles. The van der Waals surface area contributed by atoms with Gasteiger partial charge in [-0.2, -0.15) is 0 Å². The Balaban J connectivity index is 1.98. The maximum Gasteiger partial charge on any atom is 0.143 e. The molecule has 2 rings (SSSR count). The number of halogens is 1. The molecule has 1 atom stereocenters. The van der Waals surface area contributed by atoms with Crippen molar-refractivity contribution in [1.82, 2.24) is 15.3 Å². The van der Waals surface area contributed by atoms with Gasteiger partial charge in [0.2, 0.25) is 0 Å². The second kappa shape index (κ2) is 5.75. The third-order valence-electron chi connectivity index (χ3n) is 3.01. The summed E-state index contributed by atoms with van der Waals surface area (Å²) in [6, 6.07) is 0. The lowest BCUT2D eigenvalue weighted by Gasteiger charge is -2.29. The molecule has 1 aromatic heterocycles. The van der Waals surface area contributed by atoms with Crippen LogP contribution in [0.5, 0.6) is 0 Å². The highest BCUT2D eigenvalue weighted by atomic mass is 79.9. The second-order valence-electron chi connectivity index (χ2n) is 4.32. The molecule has 0 radical (unpaired) electrons. The van der Waals surface area contributed by atoms with Gasteiger partial charge in [0.05, 0.1) is 16.6 Å². The number of anilines is 1. The molecule has 94 valence electrons. The van der Waals surface area contributed by atoms with Gasteiger partial charge in [0.1, 0.15) is 12.1 Å². The molecule has 17 heavy (non-hydrogen) atoms. The second-order valence-corrected chi connectivity index (χ2v) is 5.17. The molecule has 0 amide bonds. The summed E-state index contributed by atoms with van der Waals surface area (Å²) in [5.41, 5.74) is 0.0269. The van der Waals surface area contributed by atoms with E-state index in [1.54, 1.807) is 13.3 Å². The molecule has 1 aromatic rings. The summed E-state index contributed by atoms with van der Waals surface area (Å²) in [7, 11) is 1.74. The lowest BCUT2D eigenvalue weighted by Crippen LogP contribution is -2.49. The Morgan fingerprint density at radius 2 is 2.53 bits per heavy atom. The van der Waals surface area contributed by atoms with Crippen LogP contribution in [0.25, 0.3) is 0 Å². The van der Waals surface area contributed by atoms with E-state index in [1.807, 2.05) is 0 Å². The Kier molecular flexibility index (Phi) is 4.31. The summed E-state index contributed by atoms with van der Waals surface area (Å²) in [4.78, 5) is 8.13. The lowest BCUT2D eigenvalue weighted by molar-refractivity contribution is 0.127. The average molecular weight is 301 g/mol. The SMILES string of the molecule is COCC1(CNc2ncncc2Br)CCCN1. The van der Waals surface area contributed by atoms with Crippen LogP contribution < -0.4 is 10.6 Å². The monoisotopic (exact) mass is 300 g/mol.